The van der Waals surface area contributed by atoms with Gasteiger partial charge in [0, 0.05) is 13.7 Å². The van der Waals surface area contributed by atoms with Crippen LogP contribution in [-0.4, -0.2) is 111 Å². The van der Waals surface area contributed by atoms with E-state index in [4.69, 9.17) is 43.0 Å². The van der Waals surface area contributed by atoms with Gasteiger partial charge < -0.3 is 43.0 Å². The molecule has 0 aromatic heterocycles. The molecule has 0 fully saturated rings. The SMILES string of the molecule is COCCOCCOCCOCCOCCOCCOc1cc(CCCO)ccc1C(=O)OC. The number of ether oxygens (including phenoxy) is 8. The Balaban J connectivity index is 2.02. The zero-order valence-corrected chi connectivity index (χ0v) is 20.5. The molecule has 0 saturated heterocycles. The van der Waals surface area contributed by atoms with E-state index in [2.05, 4.69) is 0 Å². The lowest BCUT2D eigenvalue weighted by Gasteiger charge is -2.12. The third-order valence-electron chi connectivity index (χ3n) is 4.48. The first-order chi connectivity index (χ1) is 16.7. The average molecular weight is 489 g/mol. The second-order valence-electron chi connectivity index (χ2n) is 7.05. The first-order valence-electron chi connectivity index (χ1n) is 11.6. The van der Waals surface area contributed by atoms with Crippen LogP contribution < -0.4 is 4.74 Å². The molecule has 10 heteroatoms. The van der Waals surface area contributed by atoms with E-state index in [1.807, 2.05) is 6.07 Å². The quantitative estimate of drug-likeness (QED) is 0.180. The molecule has 0 atom stereocenters. The van der Waals surface area contributed by atoms with Gasteiger partial charge in [0.1, 0.15) is 17.9 Å². The summed E-state index contributed by atoms with van der Waals surface area (Å²) >= 11 is 0. The molecule has 0 aliphatic carbocycles. The van der Waals surface area contributed by atoms with Crippen molar-refractivity contribution in [1.29, 1.82) is 0 Å². The number of methoxy groups -OCH3 is 2. The van der Waals surface area contributed by atoms with E-state index in [0.717, 1.165) is 5.56 Å². The summed E-state index contributed by atoms with van der Waals surface area (Å²) in [7, 11) is 2.97. The second-order valence-corrected chi connectivity index (χ2v) is 7.05. The van der Waals surface area contributed by atoms with Gasteiger partial charge in [-0.2, -0.15) is 0 Å². The van der Waals surface area contributed by atoms with Gasteiger partial charge in [0.05, 0.1) is 79.8 Å². The van der Waals surface area contributed by atoms with Gasteiger partial charge in [-0.3, -0.25) is 0 Å². The minimum atomic E-state index is -0.459. The topological polar surface area (TPSA) is 111 Å². The zero-order chi connectivity index (χ0) is 24.7. The summed E-state index contributed by atoms with van der Waals surface area (Å²) in [5.74, 6) is -0.0133. The van der Waals surface area contributed by atoms with Crippen molar-refractivity contribution >= 4 is 5.97 Å². The van der Waals surface area contributed by atoms with Crippen molar-refractivity contribution in [2.45, 2.75) is 12.8 Å². The van der Waals surface area contributed by atoms with Crippen LogP contribution in [0.3, 0.4) is 0 Å². The Hall–Kier alpha value is -1.79. The van der Waals surface area contributed by atoms with E-state index in [-0.39, 0.29) is 13.2 Å². The van der Waals surface area contributed by atoms with Gasteiger partial charge in [-0.25, -0.2) is 4.79 Å². The molecule has 196 valence electrons. The van der Waals surface area contributed by atoms with Crippen molar-refractivity contribution < 1.29 is 47.8 Å². The van der Waals surface area contributed by atoms with E-state index in [1.165, 1.54) is 7.11 Å². The fourth-order valence-corrected chi connectivity index (χ4v) is 2.74. The van der Waals surface area contributed by atoms with Gasteiger partial charge in [0.2, 0.25) is 0 Å². The Kier molecular flexibility index (Phi) is 19.3. The number of aliphatic hydroxyl groups excluding tert-OH is 1. The molecule has 1 rings (SSSR count). The Labute approximate surface area is 202 Å². The van der Waals surface area contributed by atoms with Crippen LogP contribution in [0, 0.1) is 0 Å². The molecule has 1 aromatic rings. The van der Waals surface area contributed by atoms with E-state index >= 15 is 0 Å². The third-order valence-corrected chi connectivity index (χ3v) is 4.48. The number of carbonyl (C=O) groups excluding carboxylic acids is 1. The molecular formula is C24H40O10. The number of benzene rings is 1. The predicted octanol–water partition coefficient (Wildman–Crippen LogP) is 1.51. The summed E-state index contributed by atoms with van der Waals surface area (Å²) in [5.41, 5.74) is 1.34. The average Bonchev–Trinajstić information content (AvgIpc) is 2.86. The standard InChI is InChI=1S/C24H40O10/c1-27-8-9-29-10-11-30-12-13-31-14-15-32-16-17-33-18-19-34-23-20-21(4-3-7-25)5-6-22(23)24(26)28-2/h5-6,20,25H,3-4,7-19H2,1-2H3. The minimum Gasteiger partial charge on any atom is -0.490 e. The van der Waals surface area contributed by atoms with Gasteiger partial charge >= 0.3 is 5.97 Å². The number of rotatable bonds is 23. The van der Waals surface area contributed by atoms with Crippen molar-refractivity contribution in [2.24, 2.45) is 0 Å². The molecular weight excluding hydrogens is 448 g/mol. The molecule has 0 amide bonds. The molecule has 0 aliphatic rings. The molecule has 0 bridgehead atoms. The number of aryl methyl sites for hydroxylation is 1. The van der Waals surface area contributed by atoms with E-state index < -0.39 is 5.97 Å². The Morgan fingerprint density at radius 1 is 0.735 bits per heavy atom. The normalized spacial score (nSPS) is 11.0. The number of aliphatic hydroxyl groups is 1. The van der Waals surface area contributed by atoms with Crippen LogP contribution in [0.15, 0.2) is 18.2 Å². The van der Waals surface area contributed by atoms with Crippen molar-refractivity contribution in [3.63, 3.8) is 0 Å². The fourth-order valence-electron chi connectivity index (χ4n) is 2.74. The van der Waals surface area contributed by atoms with Crippen molar-refractivity contribution in [1.82, 2.24) is 0 Å². The summed E-state index contributed by atoms with van der Waals surface area (Å²) < 4.78 is 42.5. The van der Waals surface area contributed by atoms with Crippen LogP contribution in [0.2, 0.25) is 0 Å². The summed E-state index contributed by atoms with van der Waals surface area (Å²) in [5, 5.41) is 9.00. The fraction of sp³-hybridized carbons (Fsp3) is 0.708. The highest BCUT2D eigenvalue weighted by Crippen LogP contribution is 2.22. The van der Waals surface area contributed by atoms with Crippen LogP contribution in [0.4, 0.5) is 0 Å². The molecule has 0 aliphatic heterocycles. The molecule has 10 nitrogen and oxygen atoms in total. The van der Waals surface area contributed by atoms with Crippen molar-refractivity contribution in [2.75, 3.05) is 100 Å². The summed E-state index contributed by atoms with van der Waals surface area (Å²) in [4.78, 5) is 11.9. The molecule has 1 N–H and O–H groups in total. The lowest BCUT2D eigenvalue weighted by molar-refractivity contribution is -0.0159. The van der Waals surface area contributed by atoms with E-state index in [9.17, 15) is 4.79 Å². The molecule has 0 heterocycles. The molecule has 1 aromatic carbocycles. The number of carbonyl (C=O) groups is 1. The predicted molar refractivity (Wildman–Crippen MR) is 125 cm³/mol. The number of hydrogen-bond acceptors (Lipinski definition) is 10. The zero-order valence-electron chi connectivity index (χ0n) is 20.5. The van der Waals surface area contributed by atoms with Crippen LogP contribution in [0.1, 0.15) is 22.3 Å². The second kappa shape index (κ2) is 21.7. The molecule has 0 spiro atoms. The van der Waals surface area contributed by atoms with Gasteiger partial charge in [0.25, 0.3) is 0 Å². The van der Waals surface area contributed by atoms with Crippen molar-refractivity contribution in [3.8, 4) is 5.75 Å². The first kappa shape index (κ1) is 30.2. The maximum absolute atomic E-state index is 11.9. The summed E-state index contributed by atoms with van der Waals surface area (Å²) in [6.45, 7) is 5.83. The molecule has 0 radical (unpaired) electrons. The van der Waals surface area contributed by atoms with Gasteiger partial charge in [-0.05, 0) is 30.5 Å². The maximum Gasteiger partial charge on any atom is 0.341 e. The Bertz CT molecular complexity index is 626. The van der Waals surface area contributed by atoms with Gasteiger partial charge in [-0.15, -0.1) is 0 Å². The highest BCUT2D eigenvalue weighted by molar-refractivity contribution is 5.92. The minimum absolute atomic E-state index is 0.108. The third kappa shape index (κ3) is 15.2. The smallest absolute Gasteiger partial charge is 0.341 e. The van der Waals surface area contributed by atoms with Crippen LogP contribution in [0.5, 0.6) is 5.75 Å². The first-order valence-corrected chi connectivity index (χ1v) is 11.6. The van der Waals surface area contributed by atoms with Crippen LogP contribution >= 0.6 is 0 Å². The van der Waals surface area contributed by atoms with E-state index in [0.29, 0.717) is 96.8 Å². The number of esters is 1. The van der Waals surface area contributed by atoms with Crippen LogP contribution in [0.25, 0.3) is 0 Å². The summed E-state index contributed by atoms with van der Waals surface area (Å²) in [6.07, 6.45) is 1.34. The Morgan fingerprint density at radius 2 is 1.24 bits per heavy atom. The molecule has 0 unspecified atom stereocenters. The van der Waals surface area contributed by atoms with Gasteiger partial charge in [0.15, 0.2) is 0 Å². The Morgan fingerprint density at radius 3 is 1.71 bits per heavy atom. The molecule has 34 heavy (non-hydrogen) atoms. The highest BCUT2D eigenvalue weighted by atomic mass is 16.6. The molecule has 0 saturated carbocycles. The largest absolute Gasteiger partial charge is 0.490 e. The van der Waals surface area contributed by atoms with Crippen LogP contribution in [-0.2, 0) is 39.6 Å². The van der Waals surface area contributed by atoms with Crippen molar-refractivity contribution in [3.05, 3.63) is 29.3 Å². The maximum atomic E-state index is 11.9. The van der Waals surface area contributed by atoms with Gasteiger partial charge in [-0.1, -0.05) is 6.07 Å². The summed E-state index contributed by atoms with van der Waals surface area (Å²) in [6, 6.07) is 5.31. The highest BCUT2D eigenvalue weighted by Gasteiger charge is 2.14. The van der Waals surface area contributed by atoms with E-state index in [1.54, 1.807) is 19.2 Å². The lowest BCUT2D eigenvalue weighted by atomic mass is 10.1. The number of hydrogen-bond donors (Lipinski definition) is 1. The monoisotopic (exact) mass is 488 g/mol. The lowest BCUT2D eigenvalue weighted by Crippen LogP contribution is -2.15.